The average Bonchev–Trinajstić information content (AvgIpc) is 3.08. The topological polar surface area (TPSA) is 86.3 Å². The minimum atomic E-state index is -0.254. The van der Waals surface area contributed by atoms with Crippen LogP contribution in [0.4, 0.5) is 4.79 Å². The molecule has 0 unspecified atom stereocenters. The Kier molecular flexibility index (Phi) is 4.19. The van der Waals surface area contributed by atoms with Crippen molar-refractivity contribution in [2.75, 3.05) is 31.3 Å². The highest BCUT2D eigenvalue weighted by Crippen LogP contribution is 2.22. The zero-order valence-corrected chi connectivity index (χ0v) is 13.0. The minimum absolute atomic E-state index is 0.254. The van der Waals surface area contributed by atoms with E-state index in [0.29, 0.717) is 36.4 Å². The molecule has 8 heteroatoms. The zero-order chi connectivity index (χ0) is 15.5. The Balaban J connectivity index is 1.63. The number of aromatic nitrogens is 3. The van der Waals surface area contributed by atoms with Crippen molar-refractivity contribution < 1.29 is 9.53 Å². The van der Waals surface area contributed by atoms with Crippen molar-refractivity contribution in [2.24, 2.45) is 0 Å². The van der Waals surface area contributed by atoms with Crippen LogP contribution >= 0.6 is 11.8 Å². The number of rotatable bonds is 5. The second-order valence-electron chi connectivity index (χ2n) is 4.99. The van der Waals surface area contributed by atoms with Crippen LogP contribution in [0.1, 0.15) is 5.56 Å². The van der Waals surface area contributed by atoms with E-state index in [1.54, 1.807) is 4.90 Å². The molecule has 2 N–H and O–H groups in total. The monoisotopic (exact) mass is 319 g/mol. The van der Waals surface area contributed by atoms with Gasteiger partial charge in [-0.2, -0.15) is 0 Å². The second-order valence-corrected chi connectivity index (χ2v) is 6.05. The van der Waals surface area contributed by atoms with Crippen molar-refractivity contribution in [3.8, 4) is 11.4 Å². The molecule has 1 amide bonds. The number of carbonyl (C=O) groups excluding carboxylic acids is 1. The van der Waals surface area contributed by atoms with Crippen LogP contribution < -0.4 is 5.84 Å². The van der Waals surface area contributed by atoms with Gasteiger partial charge in [-0.1, -0.05) is 41.6 Å². The van der Waals surface area contributed by atoms with E-state index >= 15 is 0 Å². The smallest absolute Gasteiger partial charge is 0.409 e. The van der Waals surface area contributed by atoms with Crippen LogP contribution in [0.2, 0.25) is 0 Å². The molecule has 0 saturated carbocycles. The van der Waals surface area contributed by atoms with E-state index in [9.17, 15) is 4.79 Å². The highest BCUT2D eigenvalue weighted by Gasteiger charge is 2.21. The summed E-state index contributed by atoms with van der Waals surface area (Å²) in [4.78, 5) is 13.0. The van der Waals surface area contributed by atoms with Crippen molar-refractivity contribution in [1.29, 1.82) is 0 Å². The lowest BCUT2D eigenvalue weighted by Gasteiger charge is -2.11. The fraction of sp³-hybridized carbons (Fsp3) is 0.357. The summed E-state index contributed by atoms with van der Waals surface area (Å²) < 4.78 is 6.37. The Morgan fingerprint density at radius 1 is 1.32 bits per heavy atom. The lowest BCUT2D eigenvalue weighted by Crippen LogP contribution is -2.26. The van der Waals surface area contributed by atoms with Crippen LogP contribution in [0.3, 0.4) is 0 Å². The summed E-state index contributed by atoms with van der Waals surface area (Å²) in [5.41, 5.74) is 2.11. The number of hydrogen-bond acceptors (Lipinski definition) is 6. The molecular weight excluding hydrogens is 302 g/mol. The zero-order valence-electron chi connectivity index (χ0n) is 12.2. The van der Waals surface area contributed by atoms with Crippen molar-refractivity contribution >= 4 is 17.9 Å². The number of nitrogens with two attached hydrogens (primary N) is 1. The number of benzene rings is 1. The van der Waals surface area contributed by atoms with E-state index in [2.05, 4.69) is 10.2 Å². The standard InChI is InChI=1S/C14H17N5O2S/c1-10-2-4-11(5-3-10)12-16-17-13(19(12)15)22-9-7-18-6-8-21-14(18)20/h2-5H,6-9,15H2,1H3. The molecule has 116 valence electrons. The maximum absolute atomic E-state index is 11.3. The molecule has 7 nitrogen and oxygen atoms in total. The van der Waals surface area contributed by atoms with Gasteiger partial charge in [-0.15, -0.1) is 10.2 Å². The Hall–Kier alpha value is -2.22. The Morgan fingerprint density at radius 3 is 2.77 bits per heavy atom. The molecule has 0 spiro atoms. The predicted molar refractivity (Wildman–Crippen MR) is 84.0 cm³/mol. The highest BCUT2D eigenvalue weighted by molar-refractivity contribution is 7.99. The van der Waals surface area contributed by atoms with Crippen molar-refractivity contribution in [3.63, 3.8) is 0 Å². The first-order valence-electron chi connectivity index (χ1n) is 6.97. The van der Waals surface area contributed by atoms with Crippen LogP contribution in [0.5, 0.6) is 0 Å². The molecule has 0 radical (unpaired) electrons. The largest absolute Gasteiger partial charge is 0.448 e. The first-order valence-corrected chi connectivity index (χ1v) is 7.96. The van der Waals surface area contributed by atoms with Crippen LogP contribution in [-0.4, -0.2) is 51.3 Å². The summed E-state index contributed by atoms with van der Waals surface area (Å²) >= 11 is 1.47. The molecule has 3 rings (SSSR count). The fourth-order valence-corrected chi connectivity index (χ4v) is 2.97. The Morgan fingerprint density at radius 2 is 2.09 bits per heavy atom. The number of nitrogens with zero attached hydrogens (tertiary/aromatic N) is 4. The number of cyclic esters (lactones) is 1. The third-order valence-corrected chi connectivity index (χ3v) is 4.33. The van der Waals surface area contributed by atoms with Gasteiger partial charge in [0.2, 0.25) is 5.16 Å². The van der Waals surface area contributed by atoms with Crippen LogP contribution in [0.25, 0.3) is 11.4 Å². The van der Waals surface area contributed by atoms with E-state index < -0.39 is 0 Å². The maximum atomic E-state index is 11.3. The van der Waals surface area contributed by atoms with Gasteiger partial charge in [0, 0.05) is 17.9 Å². The number of carbonyl (C=O) groups is 1. The van der Waals surface area contributed by atoms with Gasteiger partial charge in [-0.25, -0.2) is 9.47 Å². The molecule has 22 heavy (non-hydrogen) atoms. The molecule has 0 atom stereocenters. The van der Waals surface area contributed by atoms with Crippen molar-refractivity contribution in [3.05, 3.63) is 29.8 Å². The van der Waals surface area contributed by atoms with Gasteiger partial charge in [0.05, 0.1) is 6.54 Å². The summed E-state index contributed by atoms with van der Waals surface area (Å²) in [6, 6.07) is 7.96. The third-order valence-electron chi connectivity index (χ3n) is 3.41. The van der Waals surface area contributed by atoms with Gasteiger partial charge in [0.25, 0.3) is 0 Å². The molecule has 2 heterocycles. The number of ether oxygens (including phenoxy) is 1. The van der Waals surface area contributed by atoms with Crippen LogP contribution in [0, 0.1) is 6.92 Å². The van der Waals surface area contributed by atoms with Gasteiger partial charge in [0.1, 0.15) is 6.61 Å². The van der Waals surface area contributed by atoms with E-state index in [-0.39, 0.29) is 6.09 Å². The minimum Gasteiger partial charge on any atom is -0.448 e. The van der Waals surface area contributed by atoms with Crippen LogP contribution in [-0.2, 0) is 4.74 Å². The molecule has 0 aliphatic carbocycles. The van der Waals surface area contributed by atoms with Gasteiger partial charge in [-0.3, -0.25) is 0 Å². The van der Waals surface area contributed by atoms with Gasteiger partial charge < -0.3 is 15.5 Å². The van der Waals surface area contributed by atoms with Crippen molar-refractivity contribution in [1.82, 2.24) is 19.8 Å². The first-order chi connectivity index (χ1) is 10.6. The SMILES string of the molecule is Cc1ccc(-c2nnc(SCCN3CCOC3=O)n2N)cc1. The molecule has 1 aliphatic rings. The summed E-state index contributed by atoms with van der Waals surface area (Å²) in [5, 5.41) is 8.88. The number of thioether (sulfide) groups is 1. The molecule has 1 aromatic carbocycles. The number of amides is 1. The Bertz CT molecular complexity index is 670. The Labute approximate surface area is 132 Å². The van der Waals surface area contributed by atoms with Gasteiger partial charge >= 0.3 is 6.09 Å². The maximum Gasteiger partial charge on any atom is 0.409 e. The van der Waals surface area contributed by atoms with Gasteiger partial charge in [0.15, 0.2) is 5.82 Å². The lowest BCUT2D eigenvalue weighted by molar-refractivity contribution is 0.160. The molecule has 1 aromatic heterocycles. The number of hydrogen-bond donors (Lipinski definition) is 1. The van der Waals surface area contributed by atoms with E-state index in [4.69, 9.17) is 10.6 Å². The lowest BCUT2D eigenvalue weighted by atomic mass is 10.1. The highest BCUT2D eigenvalue weighted by atomic mass is 32.2. The average molecular weight is 319 g/mol. The van der Waals surface area contributed by atoms with Crippen LogP contribution in [0.15, 0.2) is 29.4 Å². The molecule has 1 fully saturated rings. The summed E-state index contributed by atoms with van der Waals surface area (Å²) in [7, 11) is 0. The molecule has 2 aromatic rings. The number of aryl methyl sites for hydroxylation is 1. The molecule has 1 saturated heterocycles. The normalized spacial score (nSPS) is 14.4. The quantitative estimate of drug-likeness (QED) is 0.664. The molecule has 0 bridgehead atoms. The predicted octanol–water partition coefficient (Wildman–Crippen LogP) is 1.51. The molecule has 1 aliphatic heterocycles. The first kappa shape index (κ1) is 14.7. The van der Waals surface area contributed by atoms with Gasteiger partial charge in [-0.05, 0) is 6.92 Å². The van der Waals surface area contributed by atoms with E-state index in [1.165, 1.54) is 22.0 Å². The van der Waals surface area contributed by atoms with E-state index in [1.807, 2.05) is 31.2 Å². The van der Waals surface area contributed by atoms with E-state index in [0.717, 1.165) is 5.56 Å². The molecular formula is C14H17N5O2S. The fourth-order valence-electron chi connectivity index (χ4n) is 2.15. The summed E-state index contributed by atoms with van der Waals surface area (Å²) in [6.07, 6.45) is -0.254. The number of nitrogen functional groups attached to an aromatic ring is 1. The second kappa shape index (κ2) is 6.27. The van der Waals surface area contributed by atoms with Crippen molar-refractivity contribution in [2.45, 2.75) is 12.1 Å². The summed E-state index contributed by atoms with van der Waals surface area (Å²) in [6.45, 7) is 3.75. The third kappa shape index (κ3) is 3.01. The summed E-state index contributed by atoms with van der Waals surface area (Å²) in [5.74, 6) is 7.38.